The molecule has 3 fully saturated rings. The molecule has 8 heteroatoms. The molecule has 0 aromatic carbocycles. The standard InChI is InChI=1S/C29H47N3O5/c1-9-15-30(16-10-2)25(34)22-23-26(35)32(21(18-33)19(5)6)24(27(36)31(17-11-3)20(7)8)29(23)14-13-28(22,12-4)37-29/h9,11,19-24,33H,1,3,10,12-18H2,2,4-8H3/t21-,22-,23-,24?,28+,29?/m0/s1. The Morgan fingerprint density at radius 3 is 2.27 bits per heavy atom. The lowest BCUT2D eigenvalue weighted by Gasteiger charge is -2.41. The van der Waals surface area contributed by atoms with Crippen molar-refractivity contribution in [2.75, 3.05) is 26.2 Å². The normalized spacial score (nSPS) is 31.1. The van der Waals surface area contributed by atoms with Gasteiger partial charge in [0.15, 0.2) is 0 Å². The van der Waals surface area contributed by atoms with E-state index in [-0.39, 0.29) is 36.3 Å². The van der Waals surface area contributed by atoms with Crippen LogP contribution in [0.5, 0.6) is 0 Å². The van der Waals surface area contributed by atoms with Crippen LogP contribution in [0.25, 0.3) is 0 Å². The molecule has 0 saturated carbocycles. The van der Waals surface area contributed by atoms with Crippen LogP contribution in [0.4, 0.5) is 0 Å². The summed E-state index contributed by atoms with van der Waals surface area (Å²) < 4.78 is 6.89. The van der Waals surface area contributed by atoms with Gasteiger partial charge in [0.05, 0.1) is 30.1 Å². The summed E-state index contributed by atoms with van der Waals surface area (Å²) in [6.45, 7) is 20.5. The number of likely N-dealkylation sites (tertiary alicyclic amines) is 1. The van der Waals surface area contributed by atoms with Crippen LogP contribution in [-0.2, 0) is 19.1 Å². The lowest BCUT2D eigenvalue weighted by atomic mass is 9.64. The van der Waals surface area contributed by atoms with Crippen LogP contribution in [-0.4, -0.2) is 93.1 Å². The molecule has 1 spiro atoms. The Bertz CT molecular complexity index is 904. The van der Waals surface area contributed by atoms with Crippen molar-refractivity contribution in [3.63, 3.8) is 0 Å². The number of carbonyl (C=O) groups excluding carboxylic acids is 3. The summed E-state index contributed by atoms with van der Waals surface area (Å²) in [4.78, 5) is 47.9. The SMILES string of the molecule is C=CCN(CCC)C(=O)[C@@H]1[C@H]2C(=O)N([C@@H](CO)C(C)C)C(C(=O)N(CC=C)C(C)C)C23CC[C@@]1(CC)O3. The average molecular weight is 518 g/mol. The van der Waals surface area contributed by atoms with Gasteiger partial charge in [0.1, 0.15) is 11.6 Å². The van der Waals surface area contributed by atoms with Gasteiger partial charge in [-0.1, -0.05) is 39.8 Å². The Labute approximate surface area is 222 Å². The Hall–Kier alpha value is -2.19. The summed E-state index contributed by atoms with van der Waals surface area (Å²) in [7, 11) is 0. The maximum atomic E-state index is 14.4. The third kappa shape index (κ3) is 4.54. The van der Waals surface area contributed by atoms with Crippen molar-refractivity contribution in [2.45, 2.75) is 96.6 Å². The summed E-state index contributed by atoms with van der Waals surface area (Å²) in [6, 6.07) is -1.58. The van der Waals surface area contributed by atoms with E-state index in [1.54, 1.807) is 26.9 Å². The number of fused-ring (bicyclic) bond motifs is 1. The highest BCUT2D eigenvalue weighted by molar-refractivity contribution is 5.99. The lowest BCUT2D eigenvalue weighted by molar-refractivity contribution is -0.159. The van der Waals surface area contributed by atoms with Crippen LogP contribution in [0, 0.1) is 17.8 Å². The zero-order valence-corrected chi connectivity index (χ0v) is 23.6. The molecule has 0 aromatic heterocycles. The van der Waals surface area contributed by atoms with Crippen molar-refractivity contribution in [3.8, 4) is 0 Å². The van der Waals surface area contributed by atoms with Crippen LogP contribution < -0.4 is 0 Å². The zero-order valence-electron chi connectivity index (χ0n) is 23.6. The minimum Gasteiger partial charge on any atom is -0.394 e. The van der Waals surface area contributed by atoms with Crippen LogP contribution >= 0.6 is 0 Å². The third-order valence-electron chi connectivity index (χ3n) is 8.82. The summed E-state index contributed by atoms with van der Waals surface area (Å²) >= 11 is 0. The van der Waals surface area contributed by atoms with E-state index in [1.165, 1.54) is 0 Å². The fraction of sp³-hybridized carbons (Fsp3) is 0.759. The number of aliphatic hydroxyl groups excluding tert-OH is 1. The van der Waals surface area contributed by atoms with Gasteiger partial charge in [0, 0.05) is 25.7 Å². The zero-order chi connectivity index (χ0) is 27.7. The molecule has 3 saturated heterocycles. The molecule has 2 bridgehead atoms. The minimum absolute atomic E-state index is 0.0878. The van der Waals surface area contributed by atoms with Gasteiger partial charge >= 0.3 is 0 Å². The molecule has 8 nitrogen and oxygen atoms in total. The first-order valence-corrected chi connectivity index (χ1v) is 14.0. The summed E-state index contributed by atoms with van der Waals surface area (Å²) in [5.41, 5.74) is -1.89. The number of hydrogen-bond donors (Lipinski definition) is 1. The fourth-order valence-electron chi connectivity index (χ4n) is 7.05. The van der Waals surface area contributed by atoms with Crippen molar-refractivity contribution in [2.24, 2.45) is 17.8 Å². The van der Waals surface area contributed by atoms with Gasteiger partial charge in [-0.25, -0.2) is 0 Å². The van der Waals surface area contributed by atoms with Gasteiger partial charge in [0.25, 0.3) is 0 Å². The predicted octanol–water partition coefficient (Wildman–Crippen LogP) is 3.01. The molecule has 0 aromatic rings. The van der Waals surface area contributed by atoms with Crippen LogP contribution in [0.3, 0.4) is 0 Å². The average Bonchev–Trinajstić information content (AvgIpc) is 3.46. The van der Waals surface area contributed by atoms with Gasteiger partial charge in [-0.05, 0) is 45.4 Å². The second kappa shape index (κ2) is 11.3. The number of rotatable bonds is 13. The van der Waals surface area contributed by atoms with E-state index in [1.807, 2.05) is 41.5 Å². The Balaban J connectivity index is 2.20. The first kappa shape index (κ1) is 29.4. The first-order chi connectivity index (χ1) is 17.5. The molecule has 3 aliphatic heterocycles. The Morgan fingerprint density at radius 2 is 1.78 bits per heavy atom. The summed E-state index contributed by atoms with van der Waals surface area (Å²) in [6.07, 6.45) is 5.90. The van der Waals surface area contributed by atoms with Gasteiger partial charge < -0.3 is 24.5 Å². The lowest BCUT2D eigenvalue weighted by Crippen LogP contribution is -2.60. The number of amides is 3. The van der Waals surface area contributed by atoms with E-state index < -0.39 is 35.1 Å². The van der Waals surface area contributed by atoms with Crippen molar-refractivity contribution < 1.29 is 24.2 Å². The highest BCUT2D eigenvalue weighted by atomic mass is 16.5. The monoisotopic (exact) mass is 517 g/mol. The number of ether oxygens (including phenoxy) is 1. The molecule has 3 rings (SSSR count). The smallest absolute Gasteiger partial charge is 0.248 e. The van der Waals surface area contributed by atoms with E-state index in [2.05, 4.69) is 13.2 Å². The van der Waals surface area contributed by atoms with Crippen LogP contribution in [0.1, 0.15) is 67.2 Å². The van der Waals surface area contributed by atoms with E-state index in [0.29, 0.717) is 38.9 Å². The highest BCUT2D eigenvalue weighted by Gasteiger charge is 2.79. The molecular weight excluding hydrogens is 470 g/mol. The van der Waals surface area contributed by atoms with E-state index >= 15 is 0 Å². The maximum Gasteiger partial charge on any atom is 0.248 e. The summed E-state index contributed by atoms with van der Waals surface area (Å²) in [5.74, 6) is -2.09. The molecule has 0 aliphatic carbocycles. The van der Waals surface area contributed by atoms with Crippen molar-refractivity contribution >= 4 is 17.7 Å². The van der Waals surface area contributed by atoms with Crippen LogP contribution in [0.15, 0.2) is 25.3 Å². The molecule has 2 unspecified atom stereocenters. The second-order valence-corrected chi connectivity index (χ2v) is 11.5. The molecule has 0 radical (unpaired) electrons. The molecular formula is C29H47N3O5. The van der Waals surface area contributed by atoms with Gasteiger partial charge in [-0.15, -0.1) is 13.2 Å². The number of hydrogen-bond acceptors (Lipinski definition) is 5. The van der Waals surface area contributed by atoms with Gasteiger partial charge in [-0.2, -0.15) is 0 Å². The molecule has 37 heavy (non-hydrogen) atoms. The molecule has 3 heterocycles. The topological polar surface area (TPSA) is 90.4 Å². The highest BCUT2D eigenvalue weighted by Crippen LogP contribution is 2.65. The van der Waals surface area contributed by atoms with Crippen molar-refractivity contribution in [1.29, 1.82) is 0 Å². The molecule has 208 valence electrons. The van der Waals surface area contributed by atoms with Crippen molar-refractivity contribution in [1.82, 2.24) is 14.7 Å². The van der Waals surface area contributed by atoms with Gasteiger partial charge in [-0.3, -0.25) is 14.4 Å². The first-order valence-electron chi connectivity index (χ1n) is 14.0. The number of aliphatic hydroxyl groups is 1. The third-order valence-corrected chi connectivity index (χ3v) is 8.82. The number of carbonyl (C=O) groups is 3. The van der Waals surface area contributed by atoms with E-state index in [4.69, 9.17) is 4.74 Å². The summed E-state index contributed by atoms with van der Waals surface area (Å²) in [5, 5.41) is 10.4. The van der Waals surface area contributed by atoms with E-state index in [0.717, 1.165) is 6.42 Å². The fourth-order valence-corrected chi connectivity index (χ4v) is 7.05. The predicted molar refractivity (Wildman–Crippen MR) is 144 cm³/mol. The van der Waals surface area contributed by atoms with Crippen LogP contribution in [0.2, 0.25) is 0 Å². The van der Waals surface area contributed by atoms with Crippen molar-refractivity contribution in [3.05, 3.63) is 25.3 Å². The van der Waals surface area contributed by atoms with Gasteiger partial charge in [0.2, 0.25) is 17.7 Å². The maximum absolute atomic E-state index is 14.4. The largest absolute Gasteiger partial charge is 0.394 e. The molecule has 3 amide bonds. The molecule has 3 aliphatic rings. The Kier molecular flexibility index (Phi) is 8.95. The molecule has 6 atom stereocenters. The van der Waals surface area contributed by atoms with E-state index in [9.17, 15) is 19.5 Å². The second-order valence-electron chi connectivity index (χ2n) is 11.5. The minimum atomic E-state index is -1.10. The Morgan fingerprint density at radius 1 is 1.14 bits per heavy atom. The molecule has 1 N–H and O–H groups in total. The quantitative estimate of drug-likeness (QED) is 0.379. The number of nitrogens with zero attached hydrogens (tertiary/aromatic N) is 3.